The second-order valence-corrected chi connectivity index (χ2v) is 21.6. The number of carbonyl (C=O) groups is 13. The van der Waals surface area contributed by atoms with Gasteiger partial charge < -0.3 is 39.0 Å². The molecular formula is C57H59Br3N8O19. The molecule has 6 heterocycles. The molecule has 6 fully saturated rings. The standard InChI is InChI=1S/C25H25BrN4O7.C20H19BrN4O4.C5H6O3.C4H4O3.C3H5BrO2/c26-17-6-10-19(11-7-17)37-18-8-4-16(5-9-18)25(22(34)27-24(36)28-23(25)35)30-14-12-29(13-15-30)20(31)2-1-3-21(32)33;21-14-3-7-16(8-4-14)29-15-5-1-13(2-6-15)20(25-11-9-22-10-12-25)17(26)23-19(28)24-18(20)27;6-4-2-1-3-5(7)8-4;5-3-1-2-4(6)7-3;1-6-3(5)2-4/h4-11H,1-3,12-15H2,(H,32,33)(H2,27,28,34,35,36);1-8,22H,9-12H2,(H2,23,24,26,27,28);1-3H2;1-2H2;2H2,1H3. The average Bonchev–Trinajstić information content (AvgIpc) is 0.989. The number of hydrogen-bond acceptors (Lipinski definition) is 21. The summed E-state index contributed by atoms with van der Waals surface area (Å²) in [4.78, 5) is 155. The molecule has 27 nitrogen and oxygen atoms in total. The van der Waals surface area contributed by atoms with Crippen molar-refractivity contribution in [3.63, 3.8) is 0 Å². The van der Waals surface area contributed by atoms with Gasteiger partial charge in [0.1, 0.15) is 28.3 Å². The molecule has 6 aliphatic rings. The lowest BCUT2D eigenvalue weighted by Crippen LogP contribution is -2.73. The van der Waals surface area contributed by atoms with Crippen LogP contribution >= 0.6 is 47.8 Å². The number of nitrogens with one attached hydrogen (secondary N) is 5. The highest BCUT2D eigenvalue weighted by Crippen LogP contribution is 2.36. The highest BCUT2D eigenvalue weighted by molar-refractivity contribution is 9.10. The minimum atomic E-state index is -1.82. The van der Waals surface area contributed by atoms with Gasteiger partial charge in [-0.15, -0.1) is 0 Å². The van der Waals surface area contributed by atoms with Gasteiger partial charge in [0.2, 0.25) is 17.0 Å². The van der Waals surface area contributed by atoms with Crippen molar-refractivity contribution in [1.82, 2.24) is 41.3 Å². The van der Waals surface area contributed by atoms with E-state index in [1.54, 1.807) is 75.4 Å². The minimum Gasteiger partial charge on any atom is -0.481 e. The fraction of sp³-hybridized carbons (Fsp3) is 0.351. The van der Waals surface area contributed by atoms with Crippen LogP contribution in [0.15, 0.2) is 106 Å². The van der Waals surface area contributed by atoms with Crippen LogP contribution in [0.2, 0.25) is 0 Å². The molecule has 6 N–H and O–H groups in total. The van der Waals surface area contributed by atoms with Crippen LogP contribution in [-0.4, -0.2) is 162 Å². The third-order valence-corrected chi connectivity index (χ3v) is 14.9. The number of nitrogens with zero attached hydrogens (tertiary/aromatic N) is 3. The Morgan fingerprint density at radius 2 is 0.874 bits per heavy atom. The number of carboxylic acid groups (broad SMARTS) is 1. The van der Waals surface area contributed by atoms with Crippen molar-refractivity contribution in [3.05, 3.63) is 117 Å². The number of carboxylic acids is 1. The largest absolute Gasteiger partial charge is 0.481 e. The predicted octanol–water partition coefficient (Wildman–Crippen LogP) is 4.55. The molecule has 0 atom stereocenters. The number of urea groups is 2. The number of alkyl halides is 1. The summed E-state index contributed by atoms with van der Waals surface area (Å²) in [5, 5.41) is 21.2. The number of aliphatic carboxylic acids is 1. The van der Waals surface area contributed by atoms with Crippen molar-refractivity contribution in [2.45, 2.75) is 62.4 Å². The van der Waals surface area contributed by atoms with Crippen molar-refractivity contribution >= 4 is 125 Å². The topological polar surface area (TPSA) is 358 Å². The smallest absolute Gasteiger partial charge is 0.328 e. The summed E-state index contributed by atoms with van der Waals surface area (Å²) < 4.78 is 26.0. The number of hydrogen-bond donors (Lipinski definition) is 6. The molecule has 0 spiro atoms. The number of piperazine rings is 2. The molecule has 0 radical (unpaired) electrons. The molecule has 0 unspecified atom stereocenters. The zero-order chi connectivity index (χ0) is 63.3. The van der Waals surface area contributed by atoms with E-state index in [0.29, 0.717) is 79.6 Å². The lowest BCUT2D eigenvalue weighted by atomic mass is 9.84. The summed E-state index contributed by atoms with van der Waals surface area (Å²) in [6, 6.07) is 26.2. The van der Waals surface area contributed by atoms with E-state index in [9.17, 15) is 62.3 Å². The Hall–Kier alpha value is -8.29. The van der Waals surface area contributed by atoms with Crippen LogP contribution in [0, 0.1) is 0 Å². The maximum Gasteiger partial charge on any atom is 0.328 e. The van der Waals surface area contributed by atoms with E-state index < -0.39 is 64.7 Å². The minimum absolute atomic E-state index is 0.0925. The maximum absolute atomic E-state index is 13.3. The van der Waals surface area contributed by atoms with Crippen LogP contribution < -0.4 is 36.1 Å². The number of carbonyl (C=O) groups excluding carboxylic acids is 12. The van der Waals surface area contributed by atoms with E-state index in [4.69, 9.17) is 14.6 Å². The quantitative estimate of drug-likeness (QED) is 0.0462. The molecule has 0 aromatic heterocycles. The Kier molecular flexibility index (Phi) is 25.3. The number of ether oxygens (including phenoxy) is 5. The van der Waals surface area contributed by atoms with E-state index in [1.807, 2.05) is 36.4 Å². The van der Waals surface area contributed by atoms with Crippen LogP contribution in [0.1, 0.15) is 62.5 Å². The first-order valence-corrected chi connectivity index (χ1v) is 29.5. The average molecular weight is 1400 g/mol. The number of amides is 9. The van der Waals surface area contributed by atoms with E-state index in [2.05, 4.69) is 88.6 Å². The lowest BCUT2D eigenvalue weighted by molar-refractivity contribution is -0.163. The molecule has 9 amide bonds. The number of benzene rings is 4. The SMILES string of the molecule is COC(=O)CBr.O=C(O)CCCC(=O)N1CCN(C2(c3ccc(Oc4ccc(Br)cc4)cc3)C(=O)NC(=O)NC2=O)CC1.O=C1CCC(=O)O1.O=C1CCCC(=O)O1.O=C1NC(=O)C(c2ccc(Oc3ccc(Br)cc3)cc2)(N2CCNCC2)C(=O)N1. The first-order valence-electron chi connectivity index (χ1n) is 26.8. The Morgan fingerprint density at radius 1 is 0.517 bits per heavy atom. The fourth-order valence-electron chi connectivity index (χ4n) is 9.25. The monoisotopic (exact) mass is 1400 g/mol. The molecule has 4 aromatic carbocycles. The van der Waals surface area contributed by atoms with Gasteiger partial charge >= 0.3 is 47.9 Å². The number of halogens is 3. The van der Waals surface area contributed by atoms with E-state index >= 15 is 0 Å². The lowest BCUT2D eigenvalue weighted by Gasteiger charge is -2.46. The molecule has 4 aromatic rings. The summed E-state index contributed by atoms with van der Waals surface area (Å²) in [6.07, 6.45) is 2.21. The number of cyclic esters (lactones) is 4. The summed E-state index contributed by atoms with van der Waals surface area (Å²) in [5.74, 6) is -3.46. The van der Waals surface area contributed by atoms with Crippen molar-refractivity contribution in [3.8, 4) is 23.0 Å². The second kappa shape index (κ2) is 32.4. The Bertz CT molecular complexity index is 3140. The number of imide groups is 4. The fourth-order valence-corrected chi connectivity index (χ4v) is 10.0. The van der Waals surface area contributed by atoms with E-state index in [-0.39, 0.29) is 87.4 Å². The van der Waals surface area contributed by atoms with Crippen LogP contribution in [0.5, 0.6) is 23.0 Å². The second-order valence-electron chi connectivity index (χ2n) is 19.2. The van der Waals surface area contributed by atoms with Crippen molar-refractivity contribution in [2.24, 2.45) is 0 Å². The number of rotatable bonds is 13. The van der Waals surface area contributed by atoms with Gasteiger partial charge in [0.05, 0.1) is 20.0 Å². The molecule has 0 aliphatic carbocycles. The highest BCUT2D eigenvalue weighted by atomic mass is 79.9. The Labute approximate surface area is 522 Å². The molecular weight excluding hydrogens is 1340 g/mol. The first kappa shape index (κ1) is 67.8. The summed E-state index contributed by atoms with van der Waals surface area (Å²) in [7, 11) is 1.35. The molecule has 30 heteroatoms. The van der Waals surface area contributed by atoms with Gasteiger partial charge in [0, 0.05) is 87.0 Å². The molecule has 0 bridgehead atoms. The first-order chi connectivity index (χ1) is 41.6. The van der Waals surface area contributed by atoms with E-state index in [1.165, 1.54) is 7.11 Å². The van der Waals surface area contributed by atoms with Crippen LogP contribution in [0.3, 0.4) is 0 Å². The zero-order valence-electron chi connectivity index (χ0n) is 46.5. The predicted molar refractivity (Wildman–Crippen MR) is 313 cm³/mol. The van der Waals surface area contributed by atoms with Crippen molar-refractivity contribution in [1.29, 1.82) is 0 Å². The van der Waals surface area contributed by atoms with Gasteiger partial charge in [-0.3, -0.25) is 83.8 Å². The summed E-state index contributed by atoms with van der Waals surface area (Å²) in [6.45, 7) is 3.13. The molecule has 10 rings (SSSR count). The Balaban J connectivity index is 0.000000211. The van der Waals surface area contributed by atoms with Gasteiger partial charge in [0.25, 0.3) is 23.6 Å². The van der Waals surface area contributed by atoms with Crippen LogP contribution in [-0.2, 0) is 78.0 Å². The third kappa shape index (κ3) is 18.6. The molecule has 6 saturated heterocycles. The summed E-state index contributed by atoms with van der Waals surface area (Å²) >= 11 is 9.65. The number of barbiturate groups is 2. The van der Waals surface area contributed by atoms with Gasteiger partial charge in [-0.05, 0) is 96.8 Å². The highest BCUT2D eigenvalue weighted by Gasteiger charge is 2.58. The molecule has 0 saturated carbocycles. The Morgan fingerprint density at radius 3 is 1.17 bits per heavy atom. The van der Waals surface area contributed by atoms with Crippen LogP contribution in [0.4, 0.5) is 9.59 Å². The summed E-state index contributed by atoms with van der Waals surface area (Å²) in [5.41, 5.74) is -2.60. The van der Waals surface area contributed by atoms with Crippen molar-refractivity contribution in [2.75, 3.05) is 64.8 Å². The molecule has 87 heavy (non-hydrogen) atoms. The van der Waals surface area contributed by atoms with Crippen LogP contribution in [0.25, 0.3) is 0 Å². The van der Waals surface area contributed by atoms with Crippen molar-refractivity contribution < 1.29 is 91.1 Å². The normalized spacial score (nSPS) is 18.0. The maximum atomic E-state index is 13.3. The van der Waals surface area contributed by atoms with Gasteiger partial charge in [-0.2, -0.15) is 0 Å². The van der Waals surface area contributed by atoms with Gasteiger partial charge in [0.15, 0.2) is 0 Å². The number of esters is 5. The molecule has 6 aliphatic heterocycles. The van der Waals surface area contributed by atoms with E-state index in [0.717, 1.165) is 8.95 Å². The zero-order valence-corrected chi connectivity index (χ0v) is 51.3. The van der Waals surface area contributed by atoms with Gasteiger partial charge in [-0.25, -0.2) is 9.59 Å². The third-order valence-electron chi connectivity index (χ3n) is 13.4. The molecule has 462 valence electrons. The van der Waals surface area contributed by atoms with Gasteiger partial charge in [-0.1, -0.05) is 72.1 Å². The number of methoxy groups -OCH3 is 1.